The summed E-state index contributed by atoms with van der Waals surface area (Å²) in [6, 6.07) is 8.63. The Labute approximate surface area is 197 Å². The third kappa shape index (κ3) is 3.85. The lowest BCUT2D eigenvalue weighted by Crippen LogP contribution is -2.15. The minimum absolute atomic E-state index is 0.0795. The molecule has 0 unspecified atom stereocenters. The number of aromatic nitrogens is 5. The third-order valence-electron chi connectivity index (χ3n) is 4.99. The van der Waals surface area contributed by atoms with E-state index in [-0.39, 0.29) is 33.6 Å². The normalized spacial score (nSPS) is 11.9. The van der Waals surface area contributed by atoms with Crippen LogP contribution in [0, 0.1) is 18.6 Å². The number of benzene rings is 2. The predicted octanol–water partition coefficient (Wildman–Crippen LogP) is 6.50. The Balaban J connectivity index is 1.83. The van der Waals surface area contributed by atoms with E-state index < -0.39 is 40.5 Å². The molecule has 0 aliphatic carbocycles. The van der Waals surface area contributed by atoms with Crippen molar-refractivity contribution in [1.29, 1.82) is 0 Å². The van der Waals surface area contributed by atoms with Gasteiger partial charge in [-0.1, -0.05) is 35.0 Å². The number of rotatable bonds is 4. The van der Waals surface area contributed by atoms with Gasteiger partial charge in [0.05, 0.1) is 22.3 Å². The first-order valence-electron chi connectivity index (χ1n) is 9.82. The summed E-state index contributed by atoms with van der Waals surface area (Å²) in [4.78, 5) is 0. The molecule has 3 aromatic heterocycles. The molecule has 0 N–H and O–H groups in total. The van der Waals surface area contributed by atoms with Crippen LogP contribution in [0.15, 0.2) is 57.6 Å². The van der Waals surface area contributed by atoms with Crippen molar-refractivity contribution in [3.63, 3.8) is 0 Å². The van der Waals surface area contributed by atoms with Gasteiger partial charge in [-0.3, -0.25) is 0 Å². The summed E-state index contributed by atoms with van der Waals surface area (Å²) in [5, 5.41) is 15.0. The van der Waals surface area contributed by atoms with Crippen LogP contribution in [0.4, 0.5) is 22.0 Å². The smallest absolute Gasteiger partial charge is 0.421 e. The van der Waals surface area contributed by atoms with Gasteiger partial charge in [0.1, 0.15) is 28.6 Å². The molecule has 0 aliphatic rings. The summed E-state index contributed by atoms with van der Waals surface area (Å²) in [5.41, 5.74) is -3.17. The highest BCUT2D eigenvalue weighted by Crippen LogP contribution is 2.46. The second kappa shape index (κ2) is 8.31. The van der Waals surface area contributed by atoms with Crippen molar-refractivity contribution in [1.82, 2.24) is 25.1 Å². The van der Waals surface area contributed by atoms with Crippen molar-refractivity contribution in [2.24, 2.45) is 0 Å². The van der Waals surface area contributed by atoms with E-state index in [2.05, 4.69) is 20.5 Å². The van der Waals surface area contributed by atoms with Crippen molar-refractivity contribution < 1.29 is 30.9 Å². The van der Waals surface area contributed by atoms with Crippen LogP contribution in [0.3, 0.4) is 0 Å². The van der Waals surface area contributed by atoms with Crippen LogP contribution in [-0.4, -0.2) is 25.1 Å². The fourth-order valence-electron chi connectivity index (χ4n) is 3.56. The molecule has 0 saturated carbocycles. The first-order chi connectivity index (χ1) is 16.7. The van der Waals surface area contributed by atoms with E-state index in [0.717, 1.165) is 24.4 Å². The van der Waals surface area contributed by atoms with Crippen LogP contribution in [0.1, 0.15) is 11.6 Å². The van der Waals surface area contributed by atoms with Gasteiger partial charge in [0.25, 0.3) is 5.89 Å². The topological polar surface area (TPSA) is 82.8 Å². The Morgan fingerprint density at radius 1 is 0.943 bits per heavy atom. The number of halogens is 6. The van der Waals surface area contributed by atoms with Crippen molar-refractivity contribution in [2.45, 2.75) is 13.1 Å². The Hall–Kier alpha value is -4.06. The van der Waals surface area contributed by atoms with Gasteiger partial charge in [-0.05, 0) is 24.3 Å². The standard InChI is InChI=1S/C22H11ClF5N5O2/c1-10-30-31-21(34-10)17-18(16-12(23)5-4-7-14(16)25)32-35-19(17)11-9-29-33(20(11)22(26,27)28)15-8-3-2-6-13(15)24/h2-9H,1H3. The Morgan fingerprint density at radius 2 is 1.69 bits per heavy atom. The van der Waals surface area contributed by atoms with Gasteiger partial charge in [-0.25, -0.2) is 13.5 Å². The maximum absolute atomic E-state index is 14.7. The van der Waals surface area contributed by atoms with Crippen LogP contribution in [0.5, 0.6) is 0 Å². The number of para-hydroxylation sites is 1. The molecule has 3 heterocycles. The highest BCUT2D eigenvalue weighted by Gasteiger charge is 2.42. The highest BCUT2D eigenvalue weighted by molar-refractivity contribution is 6.33. The zero-order valence-electron chi connectivity index (χ0n) is 17.4. The molecule has 13 heteroatoms. The predicted molar refractivity (Wildman–Crippen MR) is 112 cm³/mol. The van der Waals surface area contributed by atoms with E-state index in [1.54, 1.807) is 0 Å². The summed E-state index contributed by atoms with van der Waals surface area (Å²) in [5.74, 6) is -2.46. The molecule has 178 valence electrons. The molecule has 0 atom stereocenters. The number of hydrogen-bond donors (Lipinski definition) is 0. The molecule has 35 heavy (non-hydrogen) atoms. The van der Waals surface area contributed by atoms with E-state index in [9.17, 15) is 22.0 Å². The van der Waals surface area contributed by atoms with Crippen molar-refractivity contribution in [3.8, 4) is 39.7 Å². The van der Waals surface area contributed by atoms with Gasteiger partial charge in [0, 0.05) is 6.92 Å². The molecular formula is C22H11ClF5N5O2. The van der Waals surface area contributed by atoms with E-state index in [1.807, 2.05) is 0 Å². The average molecular weight is 508 g/mol. The Kier molecular flexibility index (Phi) is 5.39. The average Bonchev–Trinajstić information content (AvgIpc) is 3.51. The van der Waals surface area contributed by atoms with Crippen molar-refractivity contribution in [2.75, 3.05) is 0 Å². The summed E-state index contributed by atoms with van der Waals surface area (Å²) in [7, 11) is 0. The third-order valence-corrected chi connectivity index (χ3v) is 5.31. The van der Waals surface area contributed by atoms with Gasteiger partial charge in [0.15, 0.2) is 11.5 Å². The lowest BCUT2D eigenvalue weighted by Gasteiger charge is -2.12. The molecule has 5 aromatic rings. The van der Waals surface area contributed by atoms with Gasteiger partial charge in [0.2, 0.25) is 5.89 Å². The van der Waals surface area contributed by atoms with Crippen LogP contribution in [0.25, 0.3) is 39.7 Å². The molecular weight excluding hydrogens is 497 g/mol. The summed E-state index contributed by atoms with van der Waals surface area (Å²) >= 11 is 6.16. The Morgan fingerprint density at radius 3 is 2.34 bits per heavy atom. The summed E-state index contributed by atoms with van der Waals surface area (Å²) < 4.78 is 83.0. The molecule has 0 spiro atoms. The zero-order valence-corrected chi connectivity index (χ0v) is 18.2. The fraction of sp³-hybridized carbons (Fsp3) is 0.0909. The van der Waals surface area contributed by atoms with Gasteiger partial charge < -0.3 is 8.94 Å². The molecule has 0 fully saturated rings. The quantitative estimate of drug-likeness (QED) is 0.258. The number of nitrogens with zero attached hydrogens (tertiary/aromatic N) is 5. The first-order valence-corrected chi connectivity index (χ1v) is 10.2. The SMILES string of the molecule is Cc1nnc(-c2c(-c3c(F)cccc3Cl)noc2-c2cnn(-c3ccccc3F)c2C(F)(F)F)o1. The van der Waals surface area contributed by atoms with Crippen LogP contribution in [0.2, 0.25) is 5.02 Å². The molecule has 0 saturated heterocycles. The van der Waals surface area contributed by atoms with E-state index in [0.29, 0.717) is 4.68 Å². The molecule has 0 radical (unpaired) electrons. The molecule has 7 nitrogen and oxygen atoms in total. The summed E-state index contributed by atoms with van der Waals surface area (Å²) in [6.07, 6.45) is -4.19. The lowest BCUT2D eigenvalue weighted by atomic mass is 10.0. The minimum atomic E-state index is -5.02. The van der Waals surface area contributed by atoms with E-state index in [1.165, 1.54) is 31.2 Å². The van der Waals surface area contributed by atoms with Crippen LogP contribution in [-0.2, 0) is 6.18 Å². The number of alkyl halides is 3. The first kappa shape index (κ1) is 22.7. The van der Waals surface area contributed by atoms with Crippen LogP contribution >= 0.6 is 11.6 Å². The molecule has 0 bridgehead atoms. The molecule has 0 aliphatic heterocycles. The van der Waals surface area contributed by atoms with Gasteiger partial charge >= 0.3 is 6.18 Å². The summed E-state index contributed by atoms with van der Waals surface area (Å²) in [6.45, 7) is 1.46. The monoisotopic (exact) mass is 507 g/mol. The number of aryl methyl sites for hydroxylation is 1. The second-order valence-electron chi connectivity index (χ2n) is 7.23. The largest absolute Gasteiger partial charge is 0.434 e. The maximum atomic E-state index is 14.7. The van der Waals surface area contributed by atoms with E-state index in [4.69, 9.17) is 20.5 Å². The van der Waals surface area contributed by atoms with Crippen molar-refractivity contribution in [3.05, 3.63) is 76.9 Å². The van der Waals surface area contributed by atoms with Gasteiger partial charge in [-0.15, -0.1) is 10.2 Å². The zero-order chi connectivity index (χ0) is 24.9. The van der Waals surface area contributed by atoms with Gasteiger partial charge in [-0.2, -0.15) is 18.3 Å². The lowest BCUT2D eigenvalue weighted by molar-refractivity contribution is -0.142. The second-order valence-corrected chi connectivity index (χ2v) is 7.63. The molecule has 0 amide bonds. The van der Waals surface area contributed by atoms with E-state index >= 15 is 0 Å². The molecule has 2 aromatic carbocycles. The van der Waals surface area contributed by atoms with Crippen LogP contribution < -0.4 is 0 Å². The highest BCUT2D eigenvalue weighted by atomic mass is 35.5. The molecule has 5 rings (SSSR count). The minimum Gasteiger partial charge on any atom is -0.421 e. The number of hydrogen-bond acceptors (Lipinski definition) is 6. The maximum Gasteiger partial charge on any atom is 0.434 e. The fourth-order valence-corrected chi connectivity index (χ4v) is 3.81. The Bertz CT molecular complexity index is 1540. The van der Waals surface area contributed by atoms with Crippen molar-refractivity contribution >= 4 is 11.6 Å².